The maximum absolute atomic E-state index is 12.9. The number of benzene rings is 1. The lowest BCUT2D eigenvalue weighted by molar-refractivity contribution is -0.272. The molecule has 8 heteroatoms. The zero-order valence-electron chi connectivity index (χ0n) is 9.31. The van der Waals surface area contributed by atoms with Crippen LogP contribution in [0.1, 0.15) is 22.3 Å². The number of halogens is 3. The number of alkyl halides is 3. The van der Waals surface area contributed by atoms with E-state index in [1.165, 1.54) is 24.3 Å². The van der Waals surface area contributed by atoms with Crippen LogP contribution in [0.25, 0.3) is 0 Å². The number of hydrogen-bond donors (Lipinski definition) is 2. The van der Waals surface area contributed by atoms with Gasteiger partial charge in [-0.25, -0.2) is 4.79 Å². The lowest BCUT2D eigenvalue weighted by Gasteiger charge is -2.23. The molecule has 5 nitrogen and oxygen atoms in total. The van der Waals surface area contributed by atoms with Gasteiger partial charge in [0.15, 0.2) is 0 Å². The summed E-state index contributed by atoms with van der Waals surface area (Å²) in [5.41, 5.74) is 0.461. The van der Waals surface area contributed by atoms with Crippen LogP contribution in [0.4, 0.5) is 8.78 Å². The molecule has 1 atom stereocenters. The number of nitrogens with zero attached hydrogens (tertiary/aromatic N) is 1. The summed E-state index contributed by atoms with van der Waals surface area (Å²) in [6.07, 6.45) is -0.601. The van der Waals surface area contributed by atoms with Crippen molar-refractivity contribution in [2.24, 2.45) is 5.16 Å². The van der Waals surface area contributed by atoms with E-state index >= 15 is 0 Å². The molecule has 1 aliphatic rings. The Morgan fingerprint density at radius 1 is 1.42 bits per heavy atom. The molecular formula is C11H8ClF2NO4. The van der Waals surface area contributed by atoms with Crippen LogP contribution < -0.4 is 0 Å². The third-order valence-electron chi connectivity index (χ3n) is 2.62. The van der Waals surface area contributed by atoms with E-state index in [0.717, 1.165) is 0 Å². The Morgan fingerprint density at radius 3 is 2.42 bits per heavy atom. The Bertz CT molecular complexity index is 541. The number of carbonyl (C=O) groups is 1. The lowest BCUT2D eigenvalue weighted by Crippen LogP contribution is -2.44. The molecule has 1 aromatic carbocycles. The fourth-order valence-electron chi connectivity index (χ4n) is 1.53. The second kappa shape index (κ2) is 4.43. The SMILES string of the molecule is O=C(O)c1ccc(C2=NOC(O)(C(F)(F)Cl)C2)cc1. The Morgan fingerprint density at radius 2 is 2.00 bits per heavy atom. The zero-order chi connectivity index (χ0) is 14.3. The van der Waals surface area contributed by atoms with Gasteiger partial charge in [-0.2, -0.15) is 8.78 Å². The van der Waals surface area contributed by atoms with Crippen molar-refractivity contribution >= 4 is 23.3 Å². The molecule has 1 heterocycles. The smallest absolute Gasteiger partial charge is 0.388 e. The molecule has 0 spiro atoms. The predicted molar refractivity (Wildman–Crippen MR) is 61.4 cm³/mol. The van der Waals surface area contributed by atoms with Gasteiger partial charge < -0.3 is 15.1 Å². The van der Waals surface area contributed by atoms with E-state index in [4.69, 9.17) is 16.7 Å². The van der Waals surface area contributed by atoms with Gasteiger partial charge in [-0.15, -0.1) is 0 Å². The summed E-state index contributed by atoms with van der Waals surface area (Å²) in [5, 5.41) is 17.6. The largest absolute Gasteiger partial charge is 0.478 e. The molecular weight excluding hydrogens is 284 g/mol. The third-order valence-corrected chi connectivity index (χ3v) is 2.92. The first-order chi connectivity index (χ1) is 8.73. The first kappa shape index (κ1) is 13.7. The molecule has 0 amide bonds. The van der Waals surface area contributed by atoms with Crippen LogP contribution >= 0.6 is 11.6 Å². The summed E-state index contributed by atoms with van der Waals surface area (Å²) in [7, 11) is 0. The van der Waals surface area contributed by atoms with Gasteiger partial charge in [0.25, 0.3) is 0 Å². The van der Waals surface area contributed by atoms with Crippen LogP contribution in [-0.4, -0.2) is 33.1 Å². The molecule has 2 N–H and O–H groups in total. The van der Waals surface area contributed by atoms with E-state index in [1.54, 1.807) is 0 Å². The Kier molecular flexibility index (Phi) is 3.19. The molecule has 0 radical (unpaired) electrons. The van der Waals surface area contributed by atoms with E-state index < -0.39 is 23.6 Å². The maximum Gasteiger partial charge on any atom is 0.388 e. The normalized spacial score (nSPS) is 22.8. The first-order valence-corrected chi connectivity index (χ1v) is 5.49. The number of rotatable bonds is 3. The summed E-state index contributed by atoms with van der Waals surface area (Å²) in [6.45, 7) is 0. The highest BCUT2D eigenvalue weighted by molar-refractivity contribution is 6.22. The van der Waals surface area contributed by atoms with Gasteiger partial charge in [-0.3, -0.25) is 0 Å². The highest BCUT2D eigenvalue weighted by Gasteiger charge is 2.58. The molecule has 1 aromatic rings. The molecule has 0 aliphatic carbocycles. The molecule has 0 saturated heterocycles. The predicted octanol–water partition coefficient (Wildman–Crippen LogP) is 2.03. The van der Waals surface area contributed by atoms with E-state index in [1.807, 2.05) is 0 Å². The van der Waals surface area contributed by atoms with Gasteiger partial charge in [0.1, 0.15) is 0 Å². The molecule has 0 saturated carbocycles. The first-order valence-electron chi connectivity index (χ1n) is 5.11. The summed E-state index contributed by atoms with van der Waals surface area (Å²) in [6, 6.07) is 5.33. The molecule has 1 aliphatic heterocycles. The van der Waals surface area contributed by atoms with Gasteiger partial charge in [0.2, 0.25) is 0 Å². The van der Waals surface area contributed by atoms with Crippen molar-refractivity contribution in [3.63, 3.8) is 0 Å². The number of carboxylic acid groups (broad SMARTS) is 1. The van der Waals surface area contributed by atoms with Gasteiger partial charge in [0.05, 0.1) is 17.7 Å². The van der Waals surface area contributed by atoms with Gasteiger partial charge in [-0.05, 0) is 29.3 Å². The molecule has 0 bridgehead atoms. The fourth-order valence-corrected chi connectivity index (χ4v) is 1.64. The van der Waals surface area contributed by atoms with Crippen molar-refractivity contribution in [3.05, 3.63) is 35.4 Å². The standard InChI is InChI=1S/C11H8ClF2NO4/c12-11(13,14)10(18)5-8(15-19-10)6-1-3-7(4-2-6)9(16)17/h1-4,18H,5H2,(H,16,17). The van der Waals surface area contributed by atoms with E-state index in [-0.39, 0.29) is 11.3 Å². The Hall–Kier alpha value is -1.73. The van der Waals surface area contributed by atoms with Crippen LogP contribution in [0.5, 0.6) is 0 Å². The van der Waals surface area contributed by atoms with Crippen LogP contribution in [0.15, 0.2) is 29.4 Å². The van der Waals surface area contributed by atoms with Crippen molar-refractivity contribution in [2.75, 3.05) is 0 Å². The van der Waals surface area contributed by atoms with Crippen molar-refractivity contribution in [1.82, 2.24) is 0 Å². The van der Waals surface area contributed by atoms with Crippen LogP contribution in [-0.2, 0) is 4.84 Å². The van der Waals surface area contributed by atoms with E-state index in [2.05, 4.69) is 9.99 Å². The van der Waals surface area contributed by atoms with Gasteiger partial charge in [0, 0.05) is 0 Å². The van der Waals surface area contributed by atoms with Gasteiger partial charge >= 0.3 is 17.1 Å². The highest BCUT2D eigenvalue weighted by Crippen LogP contribution is 2.40. The number of aliphatic hydroxyl groups is 1. The summed E-state index contributed by atoms with van der Waals surface area (Å²) >= 11 is 4.74. The van der Waals surface area contributed by atoms with Crippen LogP contribution in [0.2, 0.25) is 0 Å². The number of aromatic carboxylic acids is 1. The topological polar surface area (TPSA) is 79.1 Å². The fraction of sp³-hybridized carbons (Fsp3) is 0.273. The monoisotopic (exact) mass is 291 g/mol. The van der Waals surface area contributed by atoms with Crippen molar-refractivity contribution in [3.8, 4) is 0 Å². The zero-order valence-corrected chi connectivity index (χ0v) is 10.1. The minimum atomic E-state index is -3.99. The molecule has 1 unspecified atom stereocenters. The van der Waals surface area contributed by atoms with E-state index in [9.17, 15) is 18.7 Å². The highest BCUT2D eigenvalue weighted by atomic mass is 35.5. The molecule has 19 heavy (non-hydrogen) atoms. The minimum absolute atomic E-state index is 0.0428. The lowest BCUT2D eigenvalue weighted by atomic mass is 10.0. The van der Waals surface area contributed by atoms with Gasteiger partial charge in [-0.1, -0.05) is 17.3 Å². The Balaban J connectivity index is 2.19. The molecule has 2 rings (SSSR count). The quantitative estimate of drug-likeness (QED) is 0.835. The molecule has 0 aromatic heterocycles. The van der Waals surface area contributed by atoms with Crippen molar-refractivity contribution in [2.45, 2.75) is 17.6 Å². The second-order valence-electron chi connectivity index (χ2n) is 3.97. The number of hydrogen-bond acceptors (Lipinski definition) is 4. The molecule has 0 fully saturated rings. The van der Waals surface area contributed by atoms with Crippen molar-refractivity contribution < 1.29 is 28.6 Å². The maximum atomic E-state index is 12.9. The van der Waals surface area contributed by atoms with Crippen LogP contribution in [0, 0.1) is 0 Å². The third kappa shape index (κ3) is 2.52. The Labute approximate surface area is 111 Å². The molecule has 102 valence electrons. The summed E-state index contributed by atoms with van der Waals surface area (Å²) in [5.74, 6) is -4.00. The number of oxime groups is 1. The minimum Gasteiger partial charge on any atom is -0.478 e. The summed E-state index contributed by atoms with van der Waals surface area (Å²) in [4.78, 5) is 15.0. The average Bonchev–Trinajstić information content (AvgIpc) is 2.73. The average molecular weight is 292 g/mol. The van der Waals surface area contributed by atoms with E-state index in [0.29, 0.717) is 5.56 Å². The van der Waals surface area contributed by atoms with Crippen LogP contribution in [0.3, 0.4) is 0 Å². The van der Waals surface area contributed by atoms with Crippen molar-refractivity contribution in [1.29, 1.82) is 0 Å². The second-order valence-corrected chi connectivity index (χ2v) is 4.45. The number of carboxylic acids is 1. The summed E-state index contributed by atoms with van der Waals surface area (Å²) < 4.78 is 25.8.